The number of amides is 2. The predicted octanol–water partition coefficient (Wildman–Crippen LogP) is 2.39. The van der Waals surface area contributed by atoms with E-state index in [1.54, 1.807) is 36.5 Å². The number of aromatic nitrogens is 1. The van der Waals surface area contributed by atoms with Gasteiger partial charge >= 0.3 is 6.03 Å². The van der Waals surface area contributed by atoms with Crippen molar-refractivity contribution in [1.29, 1.82) is 0 Å². The first-order valence-electron chi connectivity index (χ1n) is 7.03. The molecule has 1 aromatic heterocycles. The van der Waals surface area contributed by atoms with Crippen molar-refractivity contribution in [3.8, 4) is 11.5 Å². The highest BCUT2D eigenvalue weighted by molar-refractivity contribution is 5.88. The van der Waals surface area contributed by atoms with Gasteiger partial charge in [-0.05, 0) is 24.3 Å². The first kappa shape index (κ1) is 14.2. The molecular weight excluding hydrogens is 282 g/mol. The minimum absolute atomic E-state index is 0.195. The first-order valence-corrected chi connectivity index (χ1v) is 7.03. The Kier molecular flexibility index (Phi) is 4.09. The smallest absolute Gasteiger partial charge is 0.321 e. The summed E-state index contributed by atoms with van der Waals surface area (Å²) in [5.41, 5.74) is 0.658. The molecule has 6 heteroatoms. The zero-order valence-corrected chi connectivity index (χ0v) is 12.2. The highest BCUT2D eigenvalue weighted by Gasteiger charge is 2.23. The number of carbonyl (C=O) groups is 1. The van der Waals surface area contributed by atoms with Gasteiger partial charge in [-0.15, -0.1) is 0 Å². The van der Waals surface area contributed by atoms with Gasteiger partial charge in [-0.1, -0.05) is 12.1 Å². The number of fused-ring (bicyclic) bond motifs is 1. The molecule has 1 aliphatic rings. The van der Waals surface area contributed by atoms with Gasteiger partial charge in [-0.2, -0.15) is 0 Å². The highest BCUT2D eigenvalue weighted by atomic mass is 16.6. The van der Waals surface area contributed by atoms with Gasteiger partial charge in [0.05, 0.1) is 18.4 Å². The number of benzene rings is 1. The zero-order valence-electron chi connectivity index (χ0n) is 12.2. The number of hydrogen-bond acceptors (Lipinski definition) is 4. The van der Waals surface area contributed by atoms with E-state index in [1.165, 1.54) is 0 Å². The van der Waals surface area contributed by atoms with Crippen molar-refractivity contribution >= 4 is 11.7 Å². The second kappa shape index (κ2) is 6.34. The van der Waals surface area contributed by atoms with Gasteiger partial charge in [0.15, 0.2) is 17.6 Å². The van der Waals surface area contributed by atoms with Crippen LogP contribution in [0.4, 0.5) is 10.5 Å². The number of anilines is 1. The van der Waals surface area contributed by atoms with Crippen LogP contribution in [0.25, 0.3) is 0 Å². The molecule has 2 amide bonds. The van der Waals surface area contributed by atoms with Gasteiger partial charge in [0.1, 0.15) is 6.61 Å². The van der Waals surface area contributed by atoms with Crippen LogP contribution in [0.3, 0.4) is 0 Å². The summed E-state index contributed by atoms with van der Waals surface area (Å²) in [5, 5.41) is 2.78. The molecule has 0 fully saturated rings. The van der Waals surface area contributed by atoms with E-state index in [2.05, 4.69) is 10.3 Å². The Bertz CT molecular complexity index is 648. The fourth-order valence-corrected chi connectivity index (χ4v) is 2.20. The molecule has 2 aromatic rings. The molecule has 1 aliphatic heterocycles. The average molecular weight is 299 g/mol. The lowest BCUT2D eigenvalue weighted by molar-refractivity contribution is 0.0731. The van der Waals surface area contributed by atoms with Crippen LogP contribution in [-0.2, 0) is 0 Å². The number of carbonyl (C=O) groups excluding carboxylic acids is 1. The third kappa shape index (κ3) is 3.28. The third-order valence-electron chi connectivity index (χ3n) is 3.30. The van der Waals surface area contributed by atoms with E-state index in [9.17, 15) is 4.79 Å². The fourth-order valence-electron chi connectivity index (χ4n) is 2.20. The van der Waals surface area contributed by atoms with E-state index >= 15 is 0 Å². The standard InChI is InChI=1S/C16H17N3O3/c1-19(16(20)18-12-5-4-8-17-9-12)10-13-11-21-14-6-2-3-7-15(14)22-13/h2-9,13H,10-11H2,1H3,(H,18,20). The summed E-state index contributed by atoms with van der Waals surface area (Å²) in [6.45, 7) is 0.849. The lowest BCUT2D eigenvalue weighted by Gasteiger charge is -2.29. The summed E-state index contributed by atoms with van der Waals surface area (Å²) in [7, 11) is 1.72. The number of hydrogen-bond donors (Lipinski definition) is 1. The lowest BCUT2D eigenvalue weighted by atomic mass is 10.2. The maximum Gasteiger partial charge on any atom is 0.321 e. The van der Waals surface area contributed by atoms with Crippen LogP contribution < -0.4 is 14.8 Å². The molecule has 0 bridgehead atoms. The Morgan fingerprint density at radius 2 is 2.14 bits per heavy atom. The van der Waals surface area contributed by atoms with Gasteiger partial charge in [0.25, 0.3) is 0 Å². The number of ether oxygens (including phenoxy) is 2. The Labute approximate surface area is 128 Å². The Morgan fingerprint density at radius 1 is 1.32 bits per heavy atom. The Morgan fingerprint density at radius 3 is 2.91 bits per heavy atom. The second-order valence-corrected chi connectivity index (χ2v) is 5.05. The Balaban J connectivity index is 1.56. The summed E-state index contributed by atoms with van der Waals surface area (Å²) in [6, 6.07) is 10.9. The average Bonchev–Trinajstić information content (AvgIpc) is 2.55. The van der Waals surface area contributed by atoms with Gasteiger partial charge in [0.2, 0.25) is 0 Å². The van der Waals surface area contributed by atoms with Gasteiger partial charge in [0, 0.05) is 13.2 Å². The molecule has 6 nitrogen and oxygen atoms in total. The summed E-state index contributed by atoms with van der Waals surface area (Å²) >= 11 is 0. The maximum absolute atomic E-state index is 12.1. The molecule has 0 saturated heterocycles. The van der Waals surface area contributed by atoms with Crippen molar-refractivity contribution < 1.29 is 14.3 Å². The van der Waals surface area contributed by atoms with Crippen LogP contribution in [0.5, 0.6) is 11.5 Å². The topological polar surface area (TPSA) is 63.7 Å². The summed E-state index contributed by atoms with van der Waals surface area (Å²) in [6.07, 6.45) is 3.06. The molecule has 1 aromatic carbocycles. The van der Waals surface area contributed by atoms with Crippen LogP contribution in [0, 0.1) is 0 Å². The van der Waals surface area contributed by atoms with Crippen LogP contribution in [0.15, 0.2) is 48.8 Å². The molecule has 0 aliphatic carbocycles. The number of nitrogens with zero attached hydrogens (tertiary/aromatic N) is 2. The first-order chi connectivity index (χ1) is 10.7. The molecule has 0 radical (unpaired) electrons. The molecule has 1 N–H and O–H groups in total. The third-order valence-corrected chi connectivity index (χ3v) is 3.30. The number of pyridine rings is 1. The molecule has 0 spiro atoms. The van der Waals surface area contributed by atoms with Crippen molar-refractivity contribution in [2.45, 2.75) is 6.10 Å². The number of rotatable bonds is 3. The largest absolute Gasteiger partial charge is 0.486 e. The Hall–Kier alpha value is -2.76. The quantitative estimate of drug-likeness (QED) is 0.945. The van der Waals surface area contributed by atoms with Crippen molar-refractivity contribution in [2.24, 2.45) is 0 Å². The normalized spacial score (nSPS) is 16.0. The number of urea groups is 1. The molecule has 2 heterocycles. The lowest BCUT2D eigenvalue weighted by Crippen LogP contribution is -2.43. The minimum atomic E-state index is -0.213. The van der Waals surface area contributed by atoms with E-state index in [0.717, 1.165) is 5.75 Å². The van der Waals surface area contributed by atoms with Crippen molar-refractivity contribution in [3.05, 3.63) is 48.8 Å². The predicted molar refractivity (Wildman–Crippen MR) is 82.2 cm³/mol. The van der Waals surface area contributed by atoms with Gasteiger partial charge in [-0.25, -0.2) is 4.79 Å². The second-order valence-electron chi connectivity index (χ2n) is 5.05. The number of para-hydroxylation sites is 2. The molecular formula is C16H17N3O3. The number of likely N-dealkylation sites (N-methyl/N-ethyl adjacent to an activating group) is 1. The van der Waals surface area contributed by atoms with Gasteiger partial charge < -0.3 is 19.7 Å². The summed E-state index contributed by atoms with van der Waals surface area (Å²) in [4.78, 5) is 17.6. The van der Waals surface area contributed by atoms with E-state index in [1.807, 2.05) is 24.3 Å². The van der Waals surface area contributed by atoms with Crippen molar-refractivity contribution in [3.63, 3.8) is 0 Å². The van der Waals surface area contributed by atoms with E-state index in [-0.39, 0.29) is 12.1 Å². The monoisotopic (exact) mass is 299 g/mol. The van der Waals surface area contributed by atoms with Crippen molar-refractivity contribution in [1.82, 2.24) is 9.88 Å². The van der Waals surface area contributed by atoms with Crippen LogP contribution in [-0.4, -0.2) is 42.2 Å². The number of nitrogens with one attached hydrogen (secondary N) is 1. The molecule has 1 atom stereocenters. The zero-order chi connectivity index (χ0) is 15.4. The maximum atomic E-state index is 12.1. The van der Waals surface area contributed by atoms with Crippen molar-refractivity contribution in [2.75, 3.05) is 25.5 Å². The molecule has 114 valence electrons. The minimum Gasteiger partial charge on any atom is -0.486 e. The van der Waals surface area contributed by atoms with Crippen LogP contribution in [0.1, 0.15) is 0 Å². The van der Waals surface area contributed by atoms with Crippen LogP contribution >= 0.6 is 0 Å². The molecule has 0 saturated carbocycles. The highest BCUT2D eigenvalue weighted by Crippen LogP contribution is 2.30. The van der Waals surface area contributed by atoms with E-state index in [4.69, 9.17) is 9.47 Å². The van der Waals surface area contributed by atoms with E-state index in [0.29, 0.717) is 24.6 Å². The van der Waals surface area contributed by atoms with E-state index < -0.39 is 0 Å². The summed E-state index contributed by atoms with van der Waals surface area (Å²) < 4.78 is 11.5. The molecule has 22 heavy (non-hydrogen) atoms. The van der Waals surface area contributed by atoms with Crippen LogP contribution in [0.2, 0.25) is 0 Å². The summed E-state index contributed by atoms with van der Waals surface area (Å²) in [5.74, 6) is 1.45. The van der Waals surface area contributed by atoms with Gasteiger partial charge in [-0.3, -0.25) is 4.98 Å². The molecule has 1 unspecified atom stereocenters. The fraction of sp³-hybridized carbons (Fsp3) is 0.250. The molecule has 3 rings (SSSR count). The SMILES string of the molecule is CN(CC1COc2ccccc2O1)C(=O)Nc1cccnc1.